The molecule has 6 nitrogen and oxygen atoms in total. The number of allylic oxidation sites excluding steroid dienone is 3. The number of carboxylic acids is 1. The standard InChI is InChI=1S/C29H32Cl2N2O4/c1-33(2,15-4-3-6-21-9-10-26(30)27(31)16-21)18-24(34)19-37-25-8-5-7-23(17-25)22-11-13-29(20-32,14-12-22)28(35)36/h5,7-13,16-17,24,34H,3-4,6,14-15,18-19H2,1-2H3/p+1/t24-,29?/m1/s1. The first-order valence-corrected chi connectivity index (χ1v) is 13.0. The summed E-state index contributed by atoms with van der Waals surface area (Å²) in [5.41, 5.74) is 1.34. The van der Waals surface area contributed by atoms with Crippen molar-refractivity contribution in [2.75, 3.05) is 33.8 Å². The fourth-order valence-electron chi connectivity index (χ4n) is 4.38. The smallest absolute Gasteiger partial charge is 0.328 e. The maximum atomic E-state index is 11.5. The van der Waals surface area contributed by atoms with Crippen molar-refractivity contribution in [3.05, 3.63) is 81.9 Å². The van der Waals surface area contributed by atoms with Crippen molar-refractivity contribution >= 4 is 34.7 Å². The first-order chi connectivity index (χ1) is 17.5. The van der Waals surface area contributed by atoms with Gasteiger partial charge in [-0.15, -0.1) is 0 Å². The lowest BCUT2D eigenvalue weighted by Gasteiger charge is -2.32. The lowest BCUT2D eigenvalue weighted by Crippen LogP contribution is -2.47. The van der Waals surface area contributed by atoms with E-state index in [1.807, 2.05) is 48.5 Å². The van der Waals surface area contributed by atoms with Gasteiger partial charge in [-0.3, -0.25) is 4.79 Å². The number of carbonyl (C=O) groups is 1. The summed E-state index contributed by atoms with van der Waals surface area (Å²) in [4.78, 5) is 11.5. The van der Waals surface area contributed by atoms with Crippen LogP contribution in [0.15, 0.2) is 60.7 Å². The number of carboxylic acid groups (broad SMARTS) is 1. The molecule has 8 heteroatoms. The predicted molar refractivity (Wildman–Crippen MR) is 147 cm³/mol. The number of ether oxygens (including phenoxy) is 1. The summed E-state index contributed by atoms with van der Waals surface area (Å²) >= 11 is 12.1. The van der Waals surface area contributed by atoms with Crippen molar-refractivity contribution in [2.45, 2.75) is 31.8 Å². The van der Waals surface area contributed by atoms with Crippen molar-refractivity contribution in [2.24, 2.45) is 5.41 Å². The van der Waals surface area contributed by atoms with Crippen molar-refractivity contribution < 1.29 is 24.2 Å². The molecule has 0 bridgehead atoms. The highest BCUT2D eigenvalue weighted by atomic mass is 35.5. The molecule has 0 saturated heterocycles. The number of nitrogens with zero attached hydrogens (tertiary/aromatic N) is 2. The second-order valence-electron chi connectivity index (χ2n) is 10.1. The van der Waals surface area contributed by atoms with Gasteiger partial charge in [0.15, 0.2) is 5.41 Å². The number of likely N-dealkylation sites (N-methyl/N-ethyl adjacent to an activating group) is 1. The lowest BCUT2D eigenvalue weighted by molar-refractivity contribution is -0.893. The molecule has 0 amide bonds. The fraction of sp³-hybridized carbons (Fsp3) is 0.379. The van der Waals surface area contributed by atoms with Gasteiger partial charge in [0, 0.05) is 0 Å². The monoisotopic (exact) mass is 543 g/mol. The molecule has 2 atom stereocenters. The van der Waals surface area contributed by atoms with E-state index in [1.165, 1.54) is 11.6 Å². The molecule has 2 aromatic carbocycles. The quantitative estimate of drug-likeness (QED) is 0.262. The third-order valence-electron chi connectivity index (χ3n) is 6.55. The van der Waals surface area contributed by atoms with E-state index in [1.54, 1.807) is 12.2 Å². The van der Waals surface area contributed by atoms with Crippen LogP contribution in [0, 0.1) is 16.7 Å². The van der Waals surface area contributed by atoms with Crippen LogP contribution in [0.25, 0.3) is 5.57 Å². The molecule has 0 heterocycles. The van der Waals surface area contributed by atoms with Crippen LogP contribution in [0.5, 0.6) is 5.75 Å². The molecule has 1 aliphatic rings. The number of hydrogen-bond acceptors (Lipinski definition) is 4. The van der Waals surface area contributed by atoms with E-state index in [4.69, 9.17) is 27.9 Å². The van der Waals surface area contributed by atoms with Gasteiger partial charge in [-0.2, -0.15) is 5.26 Å². The van der Waals surface area contributed by atoms with Crippen LogP contribution in [0.2, 0.25) is 10.0 Å². The molecule has 2 N–H and O–H groups in total. The summed E-state index contributed by atoms with van der Waals surface area (Å²) in [6.45, 7) is 1.65. The van der Waals surface area contributed by atoms with Gasteiger partial charge in [-0.25, -0.2) is 0 Å². The minimum Gasteiger partial charge on any atom is -0.491 e. The summed E-state index contributed by atoms with van der Waals surface area (Å²) in [5, 5.41) is 30.4. The Hall–Kier alpha value is -2.82. The largest absolute Gasteiger partial charge is 0.491 e. The minimum absolute atomic E-state index is 0.106. The number of rotatable bonds is 12. The van der Waals surface area contributed by atoms with Gasteiger partial charge in [0.25, 0.3) is 0 Å². The Labute approximate surface area is 228 Å². The molecule has 0 aliphatic heterocycles. The van der Waals surface area contributed by atoms with E-state index in [2.05, 4.69) is 14.1 Å². The molecular formula is C29H33Cl2N2O4+. The maximum absolute atomic E-state index is 11.5. The first kappa shape index (κ1) is 28.7. The third-order valence-corrected chi connectivity index (χ3v) is 7.29. The zero-order valence-electron chi connectivity index (χ0n) is 21.2. The molecule has 0 fully saturated rings. The van der Waals surface area contributed by atoms with Crippen LogP contribution < -0.4 is 4.74 Å². The average Bonchev–Trinajstić information content (AvgIpc) is 2.87. The number of halogens is 2. The normalized spacial score (nSPS) is 18.1. The Kier molecular flexibility index (Phi) is 9.80. The third kappa shape index (κ3) is 8.08. The number of nitriles is 1. The molecule has 0 saturated carbocycles. The molecule has 1 aliphatic carbocycles. The Morgan fingerprint density at radius 3 is 2.62 bits per heavy atom. The van der Waals surface area contributed by atoms with Gasteiger partial charge in [-0.1, -0.05) is 59.6 Å². The van der Waals surface area contributed by atoms with Gasteiger partial charge < -0.3 is 19.4 Å². The van der Waals surface area contributed by atoms with Gasteiger partial charge in [-0.05, 0) is 66.6 Å². The molecule has 0 aromatic heterocycles. The average molecular weight is 544 g/mol. The van der Waals surface area contributed by atoms with Crippen LogP contribution in [0.3, 0.4) is 0 Å². The van der Waals surface area contributed by atoms with E-state index in [0.717, 1.165) is 36.9 Å². The minimum atomic E-state index is -1.52. The number of aliphatic carboxylic acids is 1. The van der Waals surface area contributed by atoms with Gasteiger partial charge in [0.1, 0.15) is 25.0 Å². The summed E-state index contributed by atoms with van der Waals surface area (Å²) in [6, 6.07) is 15.1. The zero-order valence-corrected chi connectivity index (χ0v) is 22.7. The molecule has 2 aromatic rings. The van der Waals surface area contributed by atoms with Gasteiger partial charge in [0.05, 0.1) is 36.8 Å². The SMILES string of the molecule is C[N+](C)(CCCCc1ccc(Cl)c(Cl)c1)C[C@@H](O)COc1cccc(C2=CCC(C#N)(C(=O)O)C=C2)c1. The Balaban J connectivity index is 1.46. The topological polar surface area (TPSA) is 90.5 Å². The fourth-order valence-corrected chi connectivity index (χ4v) is 4.70. The number of aliphatic hydroxyl groups excluding tert-OH is 1. The maximum Gasteiger partial charge on any atom is 0.328 e. The second kappa shape index (κ2) is 12.6. The summed E-state index contributed by atoms with van der Waals surface area (Å²) in [7, 11) is 4.20. The molecule has 3 rings (SSSR count). The zero-order chi connectivity index (χ0) is 27.1. The molecule has 1 unspecified atom stereocenters. The number of hydrogen-bond donors (Lipinski definition) is 2. The van der Waals surface area contributed by atoms with Crippen LogP contribution in [0.1, 0.15) is 30.4 Å². The second-order valence-corrected chi connectivity index (χ2v) is 10.9. The Morgan fingerprint density at radius 2 is 1.97 bits per heavy atom. The van der Waals surface area contributed by atoms with Crippen LogP contribution in [-0.4, -0.2) is 60.6 Å². The lowest BCUT2D eigenvalue weighted by atomic mass is 9.80. The Bertz CT molecular complexity index is 1220. The van der Waals surface area contributed by atoms with Crippen molar-refractivity contribution in [3.63, 3.8) is 0 Å². The van der Waals surface area contributed by atoms with Crippen LogP contribution in [-0.2, 0) is 11.2 Å². The van der Waals surface area contributed by atoms with Crippen molar-refractivity contribution in [1.82, 2.24) is 0 Å². The molecular weight excluding hydrogens is 511 g/mol. The van der Waals surface area contributed by atoms with Crippen LogP contribution in [0.4, 0.5) is 0 Å². The van der Waals surface area contributed by atoms with E-state index >= 15 is 0 Å². The van der Waals surface area contributed by atoms with E-state index < -0.39 is 17.5 Å². The van der Waals surface area contributed by atoms with E-state index in [-0.39, 0.29) is 13.0 Å². The summed E-state index contributed by atoms with van der Waals surface area (Å²) in [5.74, 6) is -0.534. The number of quaternary nitrogens is 1. The van der Waals surface area contributed by atoms with Crippen molar-refractivity contribution in [1.29, 1.82) is 5.26 Å². The molecule has 196 valence electrons. The summed E-state index contributed by atoms with van der Waals surface area (Å²) < 4.78 is 6.54. The van der Waals surface area contributed by atoms with E-state index in [9.17, 15) is 20.3 Å². The Morgan fingerprint density at radius 1 is 1.19 bits per heavy atom. The first-order valence-electron chi connectivity index (χ1n) is 12.2. The van der Waals surface area contributed by atoms with Crippen molar-refractivity contribution in [3.8, 4) is 11.8 Å². The number of unbranched alkanes of at least 4 members (excludes halogenated alkanes) is 1. The molecule has 0 radical (unpaired) electrons. The number of benzene rings is 2. The van der Waals surface area contributed by atoms with Gasteiger partial charge >= 0.3 is 5.97 Å². The highest BCUT2D eigenvalue weighted by Gasteiger charge is 2.36. The number of aryl methyl sites for hydroxylation is 1. The highest BCUT2D eigenvalue weighted by Crippen LogP contribution is 2.34. The summed E-state index contributed by atoms with van der Waals surface area (Å²) in [6.07, 6.45) is 7.30. The van der Waals surface area contributed by atoms with Gasteiger partial charge in [0.2, 0.25) is 0 Å². The van der Waals surface area contributed by atoms with Crippen LogP contribution >= 0.6 is 23.2 Å². The predicted octanol–water partition coefficient (Wildman–Crippen LogP) is 5.77. The highest BCUT2D eigenvalue weighted by molar-refractivity contribution is 6.42. The molecule has 37 heavy (non-hydrogen) atoms. The number of aliphatic hydroxyl groups is 1. The van der Waals surface area contributed by atoms with E-state index in [0.29, 0.717) is 26.8 Å². The molecule has 0 spiro atoms.